The minimum absolute atomic E-state index is 0.162. The van der Waals surface area contributed by atoms with Crippen LogP contribution in [0.1, 0.15) is 27.4 Å². The standard InChI is InChI=1S/C17H14F5N3O2/c1-9-4-15(17(20,21)22)25(23-9)8-11-5-10-6-12(16(26)27)13(19)7-14(10)24(11)3-2-18/h4-7H,2-3,8H2,1H3,(H,26,27). The summed E-state index contributed by atoms with van der Waals surface area (Å²) in [7, 11) is 0. The predicted molar refractivity (Wildman–Crippen MR) is 85.9 cm³/mol. The fourth-order valence-electron chi connectivity index (χ4n) is 3.03. The number of nitrogens with zero attached hydrogens (tertiary/aromatic N) is 3. The molecule has 0 spiro atoms. The van der Waals surface area contributed by atoms with Crippen LogP contribution in [-0.2, 0) is 19.3 Å². The number of halogens is 5. The molecule has 0 aliphatic rings. The van der Waals surface area contributed by atoms with Crippen LogP contribution < -0.4 is 0 Å². The van der Waals surface area contributed by atoms with Crippen LogP contribution in [0.3, 0.4) is 0 Å². The molecule has 0 radical (unpaired) electrons. The van der Waals surface area contributed by atoms with E-state index in [0.29, 0.717) is 0 Å². The maximum Gasteiger partial charge on any atom is 0.433 e. The van der Waals surface area contributed by atoms with E-state index in [2.05, 4.69) is 5.10 Å². The Morgan fingerprint density at radius 3 is 2.52 bits per heavy atom. The van der Waals surface area contributed by atoms with Crippen molar-refractivity contribution in [2.24, 2.45) is 0 Å². The molecule has 144 valence electrons. The van der Waals surface area contributed by atoms with Gasteiger partial charge in [0.05, 0.1) is 29.9 Å². The number of carboxylic acids is 1. The van der Waals surface area contributed by atoms with E-state index in [9.17, 15) is 26.7 Å². The average molecular weight is 387 g/mol. The summed E-state index contributed by atoms with van der Waals surface area (Å²) in [4.78, 5) is 11.1. The predicted octanol–water partition coefficient (Wildman–Crippen LogP) is 4.02. The van der Waals surface area contributed by atoms with Crippen LogP contribution in [0.5, 0.6) is 0 Å². The van der Waals surface area contributed by atoms with Crippen LogP contribution in [0.4, 0.5) is 22.0 Å². The minimum Gasteiger partial charge on any atom is -0.478 e. The topological polar surface area (TPSA) is 60.1 Å². The molecule has 2 heterocycles. The van der Waals surface area contributed by atoms with Crippen LogP contribution in [0.2, 0.25) is 0 Å². The second kappa shape index (κ2) is 6.67. The van der Waals surface area contributed by atoms with Crippen molar-refractivity contribution in [1.82, 2.24) is 14.3 Å². The SMILES string of the molecule is Cc1cc(C(F)(F)F)n(Cc2cc3cc(C(=O)O)c(F)cc3n2CCF)n1. The highest BCUT2D eigenvalue weighted by Crippen LogP contribution is 2.31. The van der Waals surface area contributed by atoms with Crippen LogP contribution in [0.25, 0.3) is 10.9 Å². The number of carbonyl (C=O) groups is 1. The molecule has 0 bridgehead atoms. The zero-order chi connectivity index (χ0) is 19.9. The third-order valence-corrected chi connectivity index (χ3v) is 4.12. The number of benzene rings is 1. The van der Waals surface area contributed by atoms with Gasteiger partial charge in [-0.25, -0.2) is 13.6 Å². The van der Waals surface area contributed by atoms with E-state index in [0.717, 1.165) is 22.9 Å². The van der Waals surface area contributed by atoms with Gasteiger partial charge in [0.1, 0.15) is 18.2 Å². The Balaban J connectivity index is 2.14. The highest BCUT2D eigenvalue weighted by molar-refractivity contribution is 5.94. The van der Waals surface area contributed by atoms with E-state index in [1.807, 2.05) is 0 Å². The Labute approximate surface area is 149 Å². The lowest BCUT2D eigenvalue weighted by atomic mass is 10.1. The third kappa shape index (κ3) is 3.51. The Hall–Kier alpha value is -2.91. The van der Waals surface area contributed by atoms with Crippen molar-refractivity contribution < 1.29 is 31.9 Å². The molecule has 1 aromatic carbocycles. The number of hydrogen-bond donors (Lipinski definition) is 1. The monoisotopic (exact) mass is 387 g/mol. The maximum absolute atomic E-state index is 14.0. The molecule has 0 aliphatic heterocycles. The van der Waals surface area contributed by atoms with Gasteiger partial charge in [-0.05, 0) is 31.2 Å². The van der Waals surface area contributed by atoms with Crippen molar-refractivity contribution in [3.05, 3.63) is 52.7 Å². The average Bonchev–Trinajstić information content (AvgIpc) is 3.08. The number of aryl methyl sites for hydroxylation is 2. The Morgan fingerprint density at radius 1 is 1.22 bits per heavy atom. The first-order valence-electron chi connectivity index (χ1n) is 7.84. The molecule has 3 rings (SSSR count). The van der Waals surface area contributed by atoms with E-state index in [-0.39, 0.29) is 35.4 Å². The van der Waals surface area contributed by atoms with E-state index < -0.39 is 35.9 Å². The molecule has 10 heteroatoms. The summed E-state index contributed by atoms with van der Waals surface area (Å²) >= 11 is 0. The molecule has 0 saturated carbocycles. The second-order valence-corrected chi connectivity index (χ2v) is 6.00. The van der Waals surface area contributed by atoms with Gasteiger partial charge in [0, 0.05) is 11.1 Å². The van der Waals surface area contributed by atoms with Crippen molar-refractivity contribution in [1.29, 1.82) is 0 Å². The molecule has 0 unspecified atom stereocenters. The Bertz CT molecular complexity index is 1020. The zero-order valence-corrected chi connectivity index (χ0v) is 14.0. The quantitative estimate of drug-likeness (QED) is 0.673. The molecule has 0 amide bonds. The molecule has 3 aromatic rings. The highest BCUT2D eigenvalue weighted by atomic mass is 19.4. The van der Waals surface area contributed by atoms with Crippen LogP contribution in [0.15, 0.2) is 24.3 Å². The molecular weight excluding hydrogens is 373 g/mol. The second-order valence-electron chi connectivity index (χ2n) is 6.00. The van der Waals surface area contributed by atoms with Crippen molar-refractivity contribution >= 4 is 16.9 Å². The Morgan fingerprint density at radius 2 is 1.93 bits per heavy atom. The summed E-state index contributed by atoms with van der Waals surface area (Å²) in [5.41, 5.74) is -0.928. The van der Waals surface area contributed by atoms with Crippen LogP contribution in [0, 0.1) is 12.7 Å². The molecule has 2 aromatic heterocycles. The number of aromatic nitrogens is 3. The van der Waals surface area contributed by atoms with E-state index in [4.69, 9.17) is 5.11 Å². The van der Waals surface area contributed by atoms with Gasteiger partial charge in [-0.1, -0.05) is 0 Å². The molecule has 5 nitrogen and oxygen atoms in total. The molecule has 1 N–H and O–H groups in total. The first-order valence-corrected chi connectivity index (χ1v) is 7.84. The summed E-state index contributed by atoms with van der Waals surface area (Å²) in [5.74, 6) is -2.48. The molecule has 0 aliphatic carbocycles. The molecule has 0 atom stereocenters. The third-order valence-electron chi connectivity index (χ3n) is 4.12. The fourth-order valence-corrected chi connectivity index (χ4v) is 3.03. The fraction of sp³-hybridized carbons (Fsp3) is 0.294. The summed E-state index contributed by atoms with van der Waals surface area (Å²) in [6.45, 7) is 0.0361. The maximum atomic E-state index is 14.0. The number of carboxylic acid groups (broad SMARTS) is 1. The highest BCUT2D eigenvalue weighted by Gasteiger charge is 2.35. The molecule has 0 saturated heterocycles. The summed E-state index contributed by atoms with van der Waals surface area (Å²) < 4.78 is 68.5. The van der Waals surface area contributed by atoms with Crippen molar-refractivity contribution in [3.8, 4) is 0 Å². The van der Waals surface area contributed by atoms with Crippen molar-refractivity contribution in [2.45, 2.75) is 26.2 Å². The van der Waals surface area contributed by atoms with Gasteiger partial charge in [-0.2, -0.15) is 18.3 Å². The van der Waals surface area contributed by atoms with Gasteiger partial charge in [-0.15, -0.1) is 0 Å². The Kier molecular flexibility index (Phi) is 4.66. The lowest BCUT2D eigenvalue weighted by Gasteiger charge is -2.13. The molecule has 27 heavy (non-hydrogen) atoms. The summed E-state index contributed by atoms with van der Waals surface area (Å²) in [5, 5.41) is 13.1. The lowest BCUT2D eigenvalue weighted by molar-refractivity contribution is -0.144. The van der Waals surface area contributed by atoms with Gasteiger partial charge in [-0.3, -0.25) is 4.68 Å². The van der Waals surface area contributed by atoms with Gasteiger partial charge < -0.3 is 9.67 Å². The van der Waals surface area contributed by atoms with Crippen molar-refractivity contribution in [3.63, 3.8) is 0 Å². The first-order chi connectivity index (χ1) is 12.6. The van der Waals surface area contributed by atoms with Crippen LogP contribution >= 0.6 is 0 Å². The van der Waals surface area contributed by atoms with E-state index >= 15 is 0 Å². The number of hydrogen-bond acceptors (Lipinski definition) is 2. The lowest BCUT2D eigenvalue weighted by Crippen LogP contribution is -2.17. The van der Waals surface area contributed by atoms with E-state index in [1.165, 1.54) is 17.6 Å². The van der Waals surface area contributed by atoms with Gasteiger partial charge in [0.25, 0.3) is 0 Å². The smallest absolute Gasteiger partial charge is 0.433 e. The first kappa shape index (κ1) is 18.9. The number of fused-ring (bicyclic) bond motifs is 1. The summed E-state index contributed by atoms with van der Waals surface area (Å²) in [6, 6.07) is 4.32. The zero-order valence-electron chi connectivity index (χ0n) is 14.0. The van der Waals surface area contributed by atoms with Crippen LogP contribution in [-0.4, -0.2) is 32.1 Å². The number of aromatic carboxylic acids is 1. The number of alkyl halides is 4. The minimum atomic E-state index is -4.62. The van der Waals surface area contributed by atoms with Gasteiger partial charge in [0.2, 0.25) is 0 Å². The molecule has 0 fully saturated rings. The van der Waals surface area contributed by atoms with Gasteiger partial charge in [0.15, 0.2) is 0 Å². The van der Waals surface area contributed by atoms with Gasteiger partial charge >= 0.3 is 12.1 Å². The summed E-state index contributed by atoms with van der Waals surface area (Å²) in [6.07, 6.45) is -4.62. The molecular formula is C17H14F5N3O2. The number of rotatable bonds is 5. The van der Waals surface area contributed by atoms with E-state index in [1.54, 1.807) is 0 Å². The normalized spacial score (nSPS) is 12.1. The largest absolute Gasteiger partial charge is 0.478 e. The van der Waals surface area contributed by atoms with Crippen molar-refractivity contribution in [2.75, 3.05) is 6.67 Å².